The minimum Gasteiger partial charge on any atom is -0.478 e. The number of aryl methyl sites for hydroxylation is 1. The van der Waals surface area contributed by atoms with Crippen molar-refractivity contribution in [2.24, 2.45) is 0 Å². The van der Waals surface area contributed by atoms with Crippen LogP contribution in [-0.4, -0.2) is 35.0 Å². The van der Waals surface area contributed by atoms with Crippen LogP contribution in [0.25, 0.3) is 0 Å². The number of amides is 1. The van der Waals surface area contributed by atoms with E-state index in [1.165, 1.54) is 0 Å². The molecule has 0 radical (unpaired) electrons. The van der Waals surface area contributed by atoms with Crippen molar-refractivity contribution in [2.45, 2.75) is 39.5 Å². The summed E-state index contributed by atoms with van der Waals surface area (Å²) in [5.41, 5.74) is 1.27. The van der Waals surface area contributed by atoms with Crippen molar-refractivity contribution < 1.29 is 14.7 Å². The molecule has 1 amide bonds. The SMILES string of the molecule is CCCCN(CC)C(=O)CCc1ccc(C(=O)O)cc1. The van der Waals surface area contributed by atoms with Crippen LogP contribution in [0.1, 0.15) is 49.0 Å². The predicted molar refractivity (Wildman–Crippen MR) is 78.9 cm³/mol. The van der Waals surface area contributed by atoms with Gasteiger partial charge in [-0.1, -0.05) is 25.5 Å². The molecule has 0 saturated carbocycles. The van der Waals surface area contributed by atoms with E-state index in [1.807, 2.05) is 11.8 Å². The third-order valence-electron chi connectivity index (χ3n) is 3.34. The minimum absolute atomic E-state index is 0.170. The molecular formula is C16H23NO3. The van der Waals surface area contributed by atoms with E-state index in [1.54, 1.807) is 24.3 Å². The Morgan fingerprint density at radius 2 is 1.80 bits per heavy atom. The van der Waals surface area contributed by atoms with Crippen LogP contribution < -0.4 is 0 Å². The lowest BCUT2D eigenvalue weighted by Gasteiger charge is -2.20. The number of carbonyl (C=O) groups excluding carboxylic acids is 1. The molecule has 20 heavy (non-hydrogen) atoms. The quantitative estimate of drug-likeness (QED) is 0.794. The van der Waals surface area contributed by atoms with E-state index >= 15 is 0 Å². The van der Waals surface area contributed by atoms with E-state index in [-0.39, 0.29) is 11.5 Å². The van der Waals surface area contributed by atoms with Crippen molar-refractivity contribution in [1.29, 1.82) is 0 Å². The summed E-state index contributed by atoms with van der Waals surface area (Å²) < 4.78 is 0. The van der Waals surface area contributed by atoms with Gasteiger partial charge in [0.1, 0.15) is 0 Å². The van der Waals surface area contributed by atoms with Gasteiger partial charge in [0, 0.05) is 19.5 Å². The van der Waals surface area contributed by atoms with Gasteiger partial charge in [-0.3, -0.25) is 4.79 Å². The standard InChI is InChI=1S/C16H23NO3/c1-3-5-12-17(4-2)15(18)11-8-13-6-9-14(10-7-13)16(19)20/h6-7,9-10H,3-5,8,11-12H2,1-2H3,(H,19,20). The molecule has 0 unspecified atom stereocenters. The Morgan fingerprint density at radius 3 is 2.30 bits per heavy atom. The molecule has 4 nitrogen and oxygen atoms in total. The Hall–Kier alpha value is -1.84. The lowest BCUT2D eigenvalue weighted by atomic mass is 10.1. The maximum Gasteiger partial charge on any atom is 0.335 e. The van der Waals surface area contributed by atoms with Crippen molar-refractivity contribution in [3.63, 3.8) is 0 Å². The fourth-order valence-corrected chi connectivity index (χ4v) is 2.03. The van der Waals surface area contributed by atoms with Crippen molar-refractivity contribution in [3.8, 4) is 0 Å². The highest BCUT2D eigenvalue weighted by Gasteiger charge is 2.11. The molecule has 0 atom stereocenters. The Kier molecular flexibility index (Phi) is 6.77. The Bertz CT molecular complexity index is 440. The molecule has 1 rings (SSSR count). The Morgan fingerprint density at radius 1 is 1.15 bits per heavy atom. The van der Waals surface area contributed by atoms with Gasteiger partial charge in [0.25, 0.3) is 0 Å². The van der Waals surface area contributed by atoms with Crippen LogP contribution in [0.4, 0.5) is 0 Å². The van der Waals surface area contributed by atoms with Gasteiger partial charge in [0.2, 0.25) is 5.91 Å². The van der Waals surface area contributed by atoms with Gasteiger partial charge < -0.3 is 10.0 Å². The molecule has 0 saturated heterocycles. The maximum atomic E-state index is 12.1. The molecule has 1 aromatic carbocycles. The van der Waals surface area contributed by atoms with Gasteiger partial charge in [-0.05, 0) is 37.5 Å². The molecule has 1 aromatic rings. The van der Waals surface area contributed by atoms with E-state index in [4.69, 9.17) is 5.11 Å². The number of hydrogen-bond donors (Lipinski definition) is 1. The summed E-state index contributed by atoms with van der Waals surface area (Å²) >= 11 is 0. The predicted octanol–water partition coefficient (Wildman–Crippen LogP) is 2.97. The van der Waals surface area contributed by atoms with E-state index in [0.717, 1.165) is 31.5 Å². The number of benzene rings is 1. The van der Waals surface area contributed by atoms with Gasteiger partial charge in [-0.2, -0.15) is 0 Å². The second-order valence-electron chi connectivity index (χ2n) is 4.83. The normalized spacial score (nSPS) is 10.3. The molecule has 0 spiro atoms. The fraction of sp³-hybridized carbons (Fsp3) is 0.500. The molecule has 0 aromatic heterocycles. The molecule has 110 valence electrons. The van der Waals surface area contributed by atoms with Crippen molar-refractivity contribution >= 4 is 11.9 Å². The van der Waals surface area contributed by atoms with Crippen LogP contribution in [0.3, 0.4) is 0 Å². The largest absolute Gasteiger partial charge is 0.478 e. The van der Waals surface area contributed by atoms with Crippen LogP contribution in [0.5, 0.6) is 0 Å². The average molecular weight is 277 g/mol. The second kappa shape index (κ2) is 8.35. The number of unbranched alkanes of at least 4 members (excludes halogenated alkanes) is 1. The van der Waals surface area contributed by atoms with Crippen LogP contribution in [0.15, 0.2) is 24.3 Å². The van der Waals surface area contributed by atoms with E-state index in [0.29, 0.717) is 12.8 Å². The number of nitrogens with zero attached hydrogens (tertiary/aromatic N) is 1. The number of rotatable bonds is 8. The summed E-state index contributed by atoms with van der Waals surface area (Å²) in [7, 11) is 0. The average Bonchev–Trinajstić information content (AvgIpc) is 2.46. The van der Waals surface area contributed by atoms with E-state index in [2.05, 4.69) is 6.92 Å². The zero-order valence-electron chi connectivity index (χ0n) is 12.3. The van der Waals surface area contributed by atoms with Crippen LogP contribution in [-0.2, 0) is 11.2 Å². The molecule has 0 fully saturated rings. The van der Waals surface area contributed by atoms with E-state index in [9.17, 15) is 9.59 Å². The highest BCUT2D eigenvalue weighted by atomic mass is 16.4. The number of hydrogen-bond acceptors (Lipinski definition) is 2. The first-order valence-corrected chi connectivity index (χ1v) is 7.18. The summed E-state index contributed by atoms with van der Waals surface area (Å²) in [4.78, 5) is 24.7. The molecule has 0 aliphatic heterocycles. The number of carboxylic acids is 1. The minimum atomic E-state index is -0.927. The Balaban J connectivity index is 2.49. The van der Waals surface area contributed by atoms with Gasteiger partial charge in [0.15, 0.2) is 0 Å². The summed E-state index contributed by atoms with van der Waals surface area (Å²) in [5, 5.41) is 8.82. The van der Waals surface area contributed by atoms with Gasteiger partial charge >= 0.3 is 5.97 Å². The molecule has 0 aliphatic rings. The molecule has 1 N–H and O–H groups in total. The van der Waals surface area contributed by atoms with Crippen molar-refractivity contribution in [1.82, 2.24) is 4.90 Å². The molecule has 0 aliphatic carbocycles. The zero-order valence-corrected chi connectivity index (χ0v) is 12.3. The maximum absolute atomic E-state index is 12.1. The van der Waals surface area contributed by atoms with Gasteiger partial charge in [0.05, 0.1) is 5.56 Å². The fourth-order valence-electron chi connectivity index (χ4n) is 2.03. The monoisotopic (exact) mass is 277 g/mol. The number of carbonyl (C=O) groups is 2. The Labute approximate surface area is 120 Å². The van der Waals surface area contributed by atoms with Crippen molar-refractivity contribution in [2.75, 3.05) is 13.1 Å². The lowest BCUT2D eigenvalue weighted by Crippen LogP contribution is -2.31. The number of carboxylic acid groups (broad SMARTS) is 1. The van der Waals surface area contributed by atoms with Crippen molar-refractivity contribution in [3.05, 3.63) is 35.4 Å². The summed E-state index contributed by atoms with van der Waals surface area (Å²) in [6.07, 6.45) is 3.25. The lowest BCUT2D eigenvalue weighted by molar-refractivity contribution is -0.131. The smallest absolute Gasteiger partial charge is 0.335 e. The highest BCUT2D eigenvalue weighted by Crippen LogP contribution is 2.08. The highest BCUT2D eigenvalue weighted by molar-refractivity contribution is 5.87. The topological polar surface area (TPSA) is 57.6 Å². The van der Waals surface area contributed by atoms with Gasteiger partial charge in [-0.15, -0.1) is 0 Å². The molecule has 0 heterocycles. The zero-order chi connectivity index (χ0) is 15.0. The second-order valence-corrected chi connectivity index (χ2v) is 4.83. The molecule has 4 heteroatoms. The summed E-state index contributed by atoms with van der Waals surface area (Å²) in [6.45, 7) is 5.68. The third kappa shape index (κ3) is 5.03. The first kappa shape index (κ1) is 16.2. The van der Waals surface area contributed by atoms with Crippen LogP contribution in [0.2, 0.25) is 0 Å². The first-order chi connectivity index (χ1) is 9.58. The first-order valence-electron chi connectivity index (χ1n) is 7.18. The van der Waals surface area contributed by atoms with Crippen LogP contribution >= 0.6 is 0 Å². The van der Waals surface area contributed by atoms with Gasteiger partial charge in [-0.25, -0.2) is 4.79 Å². The number of aromatic carboxylic acids is 1. The summed E-state index contributed by atoms with van der Waals surface area (Å²) in [6, 6.07) is 6.71. The van der Waals surface area contributed by atoms with E-state index < -0.39 is 5.97 Å². The molecular weight excluding hydrogens is 254 g/mol. The summed E-state index contributed by atoms with van der Waals surface area (Å²) in [5.74, 6) is -0.757. The van der Waals surface area contributed by atoms with Crippen LogP contribution in [0, 0.1) is 0 Å². The molecule has 0 bridgehead atoms. The third-order valence-corrected chi connectivity index (χ3v) is 3.34.